The van der Waals surface area contributed by atoms with Crippen molar-refractivity contribution in [2.24, 2.45) is 4.74 Å². The van der Waals surface area contributed by atoms with Gasteiger partial charge in [0, 0.05) is 18.2 Å². The van der Waals surface area contributed by atoms with E-state index in [4.69, 9.17) is 4.74 Å². The quantitative estimate of drug-likeness (QED) is 0.236. The zero-order chi connectivity index (χ0) is 23.9. The summed E-state index contributed by atoms with van der Waals surface area (Å²) in [6, 6.07) is 53.0. The highest BCUT2D eigenvalue weighted by Crippen LogP contribution is 2.75. The van der Waals surface area contributed by atoms with Crippen LogP contribution in [0, 0.1) is 11.3 Å². The van der Waals surface area contributed by atoms with Crippen molar-refractivity contribution in [3.05, 3.63) is 151 Å². The molecule has 2 nitrogen and oxygen atoms in total. The van der Waals surface area contributed by atoms with Crippen LogP contribution in [-0.4, -0.2) is 0 Å². The van der Waals surface area contributed by atoms with Gasteiger partial charge in [-0.1, -0.05) is 127 Å². The molecule has 0 heterocycles. The number of hydrogen-bond donors (Lipinski definition) is 0. The first-order valence-corrected chi connectivity index (χ1v) is 15.2. The Labute approximate surface area is 208 Å². The van der Waals surface area contributed by atoms with Crippen molar-refractivity contribution >= 4 is 41.3 Å². The number of hydrogen-bond acceptors (Lipinski definition) is 2. The Morgan fingerprint density at radius 3 is 1.46 bits per heavy atom. The Kier molecular flexibility index (Phi) is 7.02. The number of rotatable bonds is 6. The number of benzene rings is 5. The van der Waals surface area contributed by atoms with E-state index < -0.39 is 14.4 Å². The summed E-state index contributed by atoms with van der Waals surface area (Å²) >= 11 is 0. The highest BCUT2D eigenvalue weighted by atomic mass is 32.1. The molecule has 0 saturated carbocycles. The predicted molar refractivity (Wildman–Crippen MR) is 151 cm³/mol. The molecule has 0 radical (unpaired) electrons. The van der Waals surface area contributed by atoms with E-state index in [1.54, 1.807) is 0 Å². The van der Waals surface area contributed by atoms with E-state index in [-0.39, 0.29) is 0 Å². The van der Waals surface area contributed by atoms with Crippen LogP contribution in [0.2, 0.25) is 0 Å². The maximum Gasteiger partial charge on any atom is 0.0992 e. The molecular formula is C31H24N2P2. The van der Waals surface area contributed by atoms with Gasteiger partial charge in [-0.25, -0.2) is 0 Å². The first kappa shape index (κ1) is 23.0. The van der Waals surface area contributed by atoms with Gasteiger partial charge in [0.2, 0.25) is 0 Å². The lowest BCUT2D eigenvalue weighted by Gasteiger charge is -2.35. The highest BCUT2D eigenvalue weighted by molar-refractivity contribution is 8.45. The van der Waals surface area contributed by atoms with Gasteiger partial charge in [-0.3, -0.25) is 4.74 Å². The molecule has 0 bridgehead atoms. The Bertz CT molecular complexity index is 1410. The minimum absolute atomic E-state index is 0.620. The second-order valence-corrected chi connectivity index (χ2v) is 15.0. The third-order valence-corrected chi connectivity index (χ3v) is 15.2. The van der Waals surface area contributed by atoms with Crippen LogP contribution >= 0.6 is 14.4 Å². The van der Waals surface area contributed by atoms with Crippen LogP contribution in [0.1, 0.15) is 5.56 Å². The SMILES string of the molecule is N#Cc1cccc(N=P(c2ccccc2)(c2ccccc2)P(c2ccccc2)c2ccccc2)c1. The average Bonchev–Trinajstić information content (AvgIpc) is 2.95. The van der Waals surface area contributed by atoms with Gasteiger partial charge < -0.3 is 0 Å². The van der Waals surface area contributed by atoms with Gasteiger partial charge in [-0.2, -0.15) is 5.26 Å². The second-order valence-electron chi connectivity index (χ2n) is 8.02. The smallest absolute Gasteiger partial charge is 0.0992 e. The molecule has 0 amide bonds. The molecule has 4 heteroatoms. The van der Waals surface area contributed by atoms with E-state index in [2.05, 4.69) is 127 Å². The van der Waals surface area contributed by atoms with Crippen LogP contribution in [0.3, 0.4) is 0 Å². The average molecular weight is 486 g/mol. The van der Waals surface area contributed by atoms with Crippen molar-refractivity contribution in [2.45, 2.75) is 0 Å². The molecule has 0 aliphatic heterocycles. The molecule has 0 aliphatic rings. The van der Waals surface area contributed by atoms with Crippen molar-refractivity contribution < 1.29 is 0 Å². The third-order valence-electron chi connectivity index (χ3n) is 5.76. The summed E-state index contributed by atoms with van der Waals surface area (Å²) < 4.78 is 5.68. The van der Waals surface area contributed by atoms with Gasteiger partial charge in [0.1, 0.15) is 0 Å². The molecule has 0 saturated heterocycles. The summed E-state index contributed by atoms with van der Waals surface area (Å²) in [6.07, 6.45) is 0. The van der Waals surface area contributed by atoms with Crippen LogP contribution < -0.4 is 21.2 Å². The van der Waals surface area contributed by atoms with Gasteiger partial charge in [0.05, 0.1) is 24.1 Å². The van der Waals surface area contributed by atoms with Crippen molar-refractivity contribution in [1.29, 1.82) is 5.26 Å². The summed E-state index contributed by atoms with van der Waals surface area (Å²) in [7, 11) is -0.927. The molecule has 5 rings (SSSR count). The monoisotopic (exact) mass is 486 g/mol. The van der Waals surface area contributed by atoms with E-state index >= 15 is 0 Å². The zero-order valence-electron chi connectivity index (χ0n) is 19.1. The first-order chi connectivity index (χ1) is 17.3. The predicted octanol–water partition coefficient (Wildman–Crippen LogP) is 7.09. The maximum atomic E-state index is 9.58. The van der Waals surface area contributed by atoms with E-state index in [0.29, 0.717) is 5.56 Å². The lowest BCUT2D eigenvalue weighted by Crippen LogP contribution is -2.23. The molecular weight excluding hydrogens is 462 g/mol. The molecule has 35 heavy (non-hydrogen) atoms. The topological polar surface area (TPSA) is 36.1 Å². The molecule has 0 N–H and O–H groups in total. The minimum atomic E-state index is -2.43. The molecule has 5 aromatic carbocycles. The van der Waals surface area contributed by atoms with Gasteiger partial charge in [-0.05, 0) is 28.8 Å². The van der Waals surface area contributed by atoms with Crippen molar-refractivity contribution in [2.75, 3.05) is 0 Å². The first-order valence-electron chi connectivity index (χ1n) is 11.5. The molecule has 168 valence electrons. The fourth-order valence-electron chi connectivity index (χ4n) is 4.24. The van der Waals surface area contributed by atoms with E-state index in [0.717, 1.165) is 5.69 Å². The Morgan fingerprint density at radius 2 is 1.00 bits per heavy atom. The number of nitrogens with zero attached hydrogens (tertiary/aromatic N) is 2. The summed E-state index contributed by atoms with van der Waals surface area (Å²) in [5.74, 6) is 0. The van der Waals surface area contributed by atoms with Gasteiger partial charge >= 0.3 is 0 Å². The summed E-state index contributed by atoms with van der Waals surface area (Å²) in [5, 5.41) is 14.6. The number of nitriles is 1. The van der Waals surface area contributed by atoms with Gasteiger partial charge in [0.15, 0.2) is 0 Å². The molecule has 0 spiro atoms. The standard InChI is InChI=1S/C31H24N2P2/c32-25-26-14-13-15-27(24-26)33-35(30-20-9-3-10-21-30,31-22-11-4-12-23-31)34(28-16-5-1-6-17-28)29-18-7-2-8-19-29/h1-24H. The largest absolute Gasteiger partial charge is 0.253 e. The molecule has 0 aliphatic carbocycles. The zero-order valence-corrected chi connectivity index (χ0v) is 20.9. The molecule has 5 aromatic rings. The van der Waals surface area contributed by atoms with Crippen molar-refractivity contribution in [3.8, 4) is 6.07 Å². The van der Waals surface area contributed by atoms with Crippen LogP contribution in [-0.2, 0) is 0 Å². The molecule has 0 fully saturated rings. The lowest BCUT2D eigenvalue weighted by molar-refractivity contribution is 1.47. The Hall–Kier alpha value is -3.75. The van der Waals surface area contributed by atoms with E-state index in [1.807, 2.05) is 24.3 Å². The molecule has 0 unspecified atom stereocenters. The van der Waals surface area contributed by atoms with Crippen LogP contribution in [0.25, 0.3) is 0 Å². The fraction of sp³-hybridized carbons (Fsp3) is 0. The Morgan fingerprint density at radius 1 is 0.543 bits per heavy atom. The van der Waals surface area contributed by atoms with Gasteiger partial charge in [0.25, 0.3) is 0 Å². The van der Waals surface area contributed by atoms with E-state index in [9.17, 15) is 5.26 Å². The lowest BCUT2D eigenvalue weighted by atomic mass is 10.2. The summed E-state index contributed by atoms with van der Waals surface area (Å²) in [6.45, 7) is -2.43. The van der Waals surface area contributed by atoms with Gasteiger partial charge in [-0.15, -0.1) is 0 Å². The fourth-order valence-corrected chi connectivity index (χ4v) is 14.4. The maximum absolute atomic E-state index is 9.58. The minimum Gasteiger partial charge on any atom is -0.253 e. The highest BCUT2D eigenvalue weighted by Gasteiger charge is 2.36. The third kappa shape index (κ3) is 4.76. The van der Waals surface area contributed by atoms with Crippen LogP contribution in [0.15, 0.2) is 150 Å². The normalized spacial score (nSPS) is 11.1. The van der Waals surface area contributed by atoms with Crippen molar-refractivity contribution in [1.82, 2.24) is 0 Å². The van der Waals surface area contributed by atoms with Crippen LogP contribution in [0.4, 0.5) is 5.69 Å². The molecule has 0 atom stereocenters. The summed E-state index contributed by atoms with van der Waals surface area (Å²) in [5.41, 5.74) is 1.46. The van der Waals surface area contributed by atoms with Crippen molar-refractivity contribution in [3.63, 3.8) is 0 Å². The molecule has 0 aromatic heterocycles. The van der Waals surface area contributed by atoms with Crippen LogP contribution in [0.5, 0.6) is 0 Å². The summed E-state index contributed by atoms with van der Waals surface area (Å²) in [4.78, 5) is 0. The van der Waals surface area contributed by atoms with E-state index in [1.165, 1.54) is 21.2 Å². The second kappa shape index (κ2) is 10.7. The Balaban J connectivity index is 1.96.